The fourth-order valence-electron chi connectivity index (χ4n) is 3.25. The van der Waals surface area contributed by atoms with Gasteiger partial charge in [0.05, 0.1) is 5.02 Å². The Labute approximate surface area is 142 Å². The lowest BCUT2D eigenvalue weighted by atomic mass is 9.87. The van der Waals surface area contributed by atoms with Gasteiger partial charge in [0, 0.05) is 18.7 Å². The van der Waals surface area contributed by atoms with Gasteiger partial charge in [0.25, 0.3) is 11.8 Å². The first-order valence-corrected chi connectivity index (χ1v) is 7.88. The summed E-state index contributed by atoms with van der Waals surface area (Å²) in [5, 5.41) is 5.24. The second-order valence-electron chi connectivity index (χ2n) is 5.97. The van der Waals surface area contributed by atoms with Crippen molar-refractivity contribution in [3.63, 3.8) is 0 Å². The van der Waals surface area contributed by atoms with E-state index in [2.05, 4.69) is 10.6 Å². The van der Waals surface area contributed by atoms with Gasteiger partial charge in [-0.15, -0.1) is 0 Å². The van der Waals surface area contributed by atoms with E-state index in [0.29, 0.717) is 48.0 Å². The van der Waals surface area contributed by atoms with E-state index in [-0.39, 0.29) is 18.6 Å². The molecule has 9 heteroatoms. The highest BCUT2D eigenvalue weighted by Gasteiger charge is 2.48. The summed E-state index contributed by atoms with van der Waals surface area (Å²) in [6.07, 6.45) is 0.739. The maximum absolute atomic E-state index is 12.7. The van der Waals surface area contributed by atoms with E-state index in [1.165, 1.54) is 0 Å². The highest BCUT2D eigenvalue weighted by molar-refractivity contribution is 6.32. The lowest BCUT2D eigenvalue weighted by Gasteiger charge is -2.37. The zero-order valence-corrected chi connectivity index (χ0v) is 13.3. The Morgan fingerprint density at radius 1 is 1.21 bits per heavy atom. The van der Waals surface area contributed by atoms with Crippen LogP contribution in [0.25, 0.3) is 0 Å². The summed E-state index contributed by atoms with van der Waals surface area (Å²) >= 11 is 6.12. The quantitative estimate of drug-likeness (QED) is 0.732. The molecule has 3 heterocycles. The molecule has 0 unspecified atom stereocenters. The Morgan fingerprint density at radius 2 is 1.96 bits per heavy atom. The second-order valence-corrected chi connectivity index (χ2v) is 6.38. The predicted molar refractivity (Wildman–Crippen MR) is 82.1 cm³/mol. The van der Waals surface area contributed by atoms with Crippen LogP contribution >= 0.6 is 11.6 Å². The molecule has 1 aromatic carbocycles. The minimum atomic E-state index is -0.902. The summed E-state index contributed by atoms with van der Waals surface area (Å²) in [6.45, 7) is 0.797. The van der Waals surface area contributed by atoms with Crippen molar-refractivity contribution < 1.29 is 23.9 Å². The first-order valence-electron chi connectivity index (χ1n) is 7.50. The van der Waals surface area contributed by atoms with Gasteiger partial charge in [-0.05, 0) is 25.0 Å². The molecule has 3 aliphatic rings. The predicted octanol–water partition coefficient (Wildman–Crippen LogP) is 0.883. The van der Waals surface area contributed by atoms with Crippen LogP contribution in [0, 0.1) is 0 Å². The number of imide groups is 1. The minimum Gasteiger partial charge on any atom is -0.454 e. The zero-order valence-electron chi connectivity index (χ0n) is 12.6. The molecule has 1 aromatic rings. The Bertz CT molecular complexity index is 758. The van der Waals surface area contributed by atoms with Gasteiger partial charge in [-0.2, -0.15) is 0 Å². The summed E-state index contributed by atoms with van der Waals surface area (Å²) in [7, 11) is 0. The third kappa shape index (κ3) is 2.25. The molecule has 4 rings (SSSR count). The van der Waals surface area contributed by atoms with E-state index in [9.17, 15) is 14.4 Å². The molecule has 0 aromatic heterocycles. The monoisotopic (exact) mass is 351 g/mol. The van der Waals surface area contributed by atoms with Crippen molar-refractivity contribution in [1.82, 2.24) is 15.5 Å². The number of piperidine rings is 1. The van der Waals surface area contributed by atoms with Crippen LogP contribution in [0.2, 0.25) is 5.02 Å². The van der Waals surface area contributed by atoms with Crippen molar-refractivity contribution in [2.45, 2.75) is 18.4 Å². The molecule has 3 aliphatic heterocycles. The van der Waals surface area contributed by atoms with Crippen LogP contribution in [0.15, 0.2) is 12.1 Å². The van der Waals surface area contributed by atoms with Crippen LogP contribution in [0.3, 0.4) is 0 Å². The van der Waals surface area contributed by atoms with Crippen molar-refractivity contribution in [2.24, 2.45) is 0 Å². The van der Waals surface area contributed by atoms with Gasteiger partial charge in [-0.3, -0.25) is 14.9 Å². The number of hydrogen-bond acceptors (Lipinski definition) is 5. The van der Waals surface area contributed by atoms with Crippen LogP contribution in [0.4, 0.5) is 4.79 Å². The first kappa shape index (κ1) is 15.1. The average Bonchev–Trinajstić information content (AvgIpc) is 3.13. The molecule has 8 nitrogen and oxygen atoms in total. The molecule has 0 aliphatic carbocycles. The number of benzene rings is 1. The molecule has 0 bridgehead atoms. The topological polar surface area (TPSA) is 97.0 Å². The normalized spacial score (nSPS) is 21.0. The average molecular weight is 352 g/mol. The van der Waals surface area contributed by atoms with Gasteiger partial charge in [0.1, 0.15) is 5.54 Å². The van der Waals surface area contributed by atoms with Crippen LogP contribution in [0.5, 0.6) is 11.5 Å². The van der Waals surface area contributed by atoms with Crippen molar-refractivity contribution in [1.29, 1.82) is 0 Å². The third-order valence-electron chi connectivity index (χ3n) is 4.59. The molecule has 24 heavy (non-hydrogen) atoms. The Kier molecular flexibility index (Phi) is 3.31. The number of urea groups is 1. The zero-order chi connectivity index (χ0) is 16.9. The van der Waals surface area contributed by atoms with Gasteiger partial charge in [-0.1, -0.05) is 11.6 Å². The van der Waals surface area contributed by atoms with Crippen molar-refractivity contribution in [3.05, 3.63) is 22.7 Å². The smallest absolute Gasteiger partial charge is 0.322 e. The fourth-order valence-corrected chi connectivity index (χ4v) is 3.51. The standard InChI is InChI=1S/C15H14ClN3O5/c16-9-5-8(6-10-11(9)24-7-23-10)12(20)19-3-1-15(2-4-19)13(21)17-14(22)18-15/h5-6H,1-4,7H2,(H2,17,18,21,22). The Morgan fingerprint density at radius 3 is 2.62 bits per heavy atom. The van der Waals surface area contributed by atoms with Gasteiger partial charge >= 0.3 is 6.03 Å². The summed E-state index contributed by atoms with van der Waals surface area (Å²) < 4.78 is 10.5. The molecule has 0 atom stereocenters. The molecular weight excluding hydrogens is 338 g/mol. The Balaban J connectivity index is 1.50. The number of ether oxygens (including phenoxy) is 2. The summed E-state index contributed by atoms with van der Waals surface area (Å²) in [5.74, 6) is 0.360. The maximum atomic E-state index is 12.7. The van der Waals surface area contributed by atoms with E-state index in [1.54, 1.807) is 17.0 Å². The van der Waals surface area contributed by atoms with Gasteiger partial charge in [0.2, 0.25) is 6.79 Å². The van der Waals surface area contributed by atoms with Crippen LogP contribution < -0.4 is 20.1 Å². The molecule has 126 valence electrons. The van der Waals surface area contributed by atoms with Gasteiger partial charge in [0.15, 0.2) is 11.5 Å². The number of carbonyl (C=O) groups excluding carboxylic acids is 3. The number of rotatable bonds is 1. The van der Waals surface area contributed by atoms with Crippen LogP contribution in [0.1, 0.15) is 23.2 Å². The summed E-state index contributed by atoms with van der Waals surface area (Å²) in [5.41, 5.74) is -0.500. The van der Waals surface area contributed by atoms with Gasteiger partial charge in [-0.25, -0.2) is 4.79 Å². The van der Waals surface area contributed by atoms with Crippen LogP contribution in [-0.2, 0) is 4.79 Å². The lowest BCUT2D eigenvalue weighted by molar-refractivity contribution is -0.125. The van der Waals surface area contributed by atoms with E-state index < -0.39 is 11.6 Å². The lowest BCUT2D eigenvalue weighted by Crippen LogP contribution is -2.55. The molecule has 0 saturated carbocycles. The number of carbonyl (C=O) groups is 3. The van der Waals surface area contributed by atoms with Crippen molar-refractivity contribution >= 4 is 29.4 Å². The van der Waals surface area contributed by atoms with E-state index in [0.717, 1.165) is 0 Å². The molecule has 0 radical (unpaired) electrons. The summed E-state index contributed by atoms with van der Waals surface area (Å²) in [6, 6.07) is 2.67. The number of fused-ring (bicyclic) bond motifs is 1. The molecule has 4 amide bonds. The highest BCUT2D eigenvalue weighted by Crippen LogP contribution is 2.40. The first-order chi connectivity index (χ1) is 11.5. The van der Waals surface area contributed by atoms with Gasteiger partial charge < -0.3 is 19.7 Å². The van der Waals surface area contributed by atoms with E-state index in [1.807, 2.05) is 0 Å². The number of amides is 4. The number of hydrogen-bond donors (Lipinski definition) is 2. The Hall–Kier alpha value is -2.48. The van der Waals surface area contributed by atoms with Crippen LogP contribution in [-0.4, -0.2) is 48.2 Å². The van der Waals surface area contributed by atoms with Crippen molar-refractivity contribution in [2.75, 3.05) is 19.9 Å². The number of likely N-dealkylation sites (tertiary alicyclic amines) is 1. The largest absolute Gasteiger partial charge is 0.454 e. The fraction of sp³-hybridized carbons (Fsp3) is 0.400. The number of nitrogens with one attached hydrogen (secondary N) is 2. The summed E-state index contributed by atoms with van der Waals surface area (Å²) in [4.78, 5) is 37.6. The molecule has 2 fully saturated rings. The number of nitrogens with zero attached hydrogens (tertiary/aromatic N) is 1. The highest BCUT2D eigenvalue weighted by atomic mass is 35.5. The molecule has 2 N–H and O–H groups in total. The van der Waals surface area contributed by atoms with Crippen molar-refractivity contribution in [3.8, 4) is 11.5 Å². The number of halogens is 1. The molecule has 2 saturated heterocycles. The SMILES string of the molecule is O=C1NC(=O)C2(CCN(C(=O)c3cc(Cl)c4c(c3)OCO4)CC2)N1. The third-order valence-corrected chi connectivity index (χ3v) is 4.87. The second kappa shape index (κ2) is 5.27. The van der Waals surface area contributed by atoms with E-state index >= 15 is 0 Å². The molecule has 1 spiro atoms. The minimum absolute atomic E-state index is 0.0771. The van der Waals surface area contributed by atoms with E-state index in [4.69, 9.17) is 21.1 Å². The molecular formula is C15H14ClN3O5. The maximum Gasteiger partial charge on any atom is 0.322 e.